The van der Waals surface area contributed by atoms with Crippen molar-refractivity contribution in [1.82, 2.24) is 15.1 Å². The minimum absolute atomic E-state index is 0.446. The van der Waals surface area contributed by atoms with E-state index in [-0.39, 0.29) is 0 Å². The van der Waals surface area contributed by atoms with E-state index in [0.29, 0.717) is 6.04 Å². The van der Waals surface area contributed by atoms with Gasteiger partial charge in [-0.1, -0.05) is 6.92 Å². The van der Waals surface area contributed by atoms with Crippen LogP contribution in [0.25, 0.3) is 0 Å². The normalized spacial score (nSPS) is 23.5. The second kappa shape index (κ2) is 8.03. The summed E-state index contributed by atoms with van der Waals surface area (Å²) in [5.41, 5.74) is 0. The van der Waals surface area contributed by atoms with Crippen LogP contribution in [0.3, 0.4) is 0 Å². The molecular weight excluding hydrogens is 214 g/mol. The Balaban J connectivity index is 2.28. The van der Waals surface area contributed by atoms with Gasteiger partial charge in [-0.15, -0.1) is 0 Å². The van der Waals surface area contributed by atoms with Gasteiger partial charge in [0.05, 0.1) is 6.61 Å². The van der Waals surface area contributed by atoms with Gasteiger partial charge in [-0.2, -0.15) is 0 Å². The van der Waals surface area contributed by atoms with Gasteiger partial charge in [0, 0.05) is 32.3 Å². The maximum Gasteiger partial charge on any atom is 0.0628 e. The Labute approximate surface area is 106 Å². The fraction of sp³-hybridized carbons (Fsp3) is 1.00. The third-order valence-corrected chi connectivity index (χ3v) is 3.59. The molecule has 1 saturated heterocycles. The van der Waals surface area contributed by atoms with Gasteiger partial charge in [0.2, 0.25) is 0 Å². The molecule has 4 nitrogen and oxygen atoms in total. The molecule has 1 aliphatic rings. The molecule has 0 saturated carbocycles. The number of rotatable bonds is 8. The van der Waals surface area contributed by atoms with Crippen LogP contribution in [0.2, 0.25) is 0 Å². The molecule has 1 N–H and O–H groups in total. The Bertz CT molecular complexity index is 195. The summed E-state index contributed by atoms with van der Waals surface area (Å²) in [7, 11) is 6.23. The molecule has 0 spiro atoms. The van der Waals surface area contributed by atoms with E-state index < -0.39 is 0 Å². The molecule has 1 rings (SSSR count). The fourth-order valence-electron chi connectivity index (χ4n) is 2.69. The van der Waals surface area contributed by atoms with Crippen LogP contribution in [0.15, 0.2) is 0 Å². The van der Waals surface area contributed by atoms with E-state index in [1.807, 2.05) is 0 Å². The quantitative estimate of drug-likeness (QED) is 0.677. The number of likely N-dealkylation sites (N-methyl/N-ethyl adjacent to an activating group) is 3. The van der Waals surface area contributed by atoms with E-state index in [2.05, 4.69) is 36.1 Å². The molecule has 17 heavy (non-hydrogen) atoms. The highest BCUT2D eigenvalue weighted by Crippen LogP contribution is 2.15. The molecule has 0 aromatic carbocycles. The molecule has 1 aliphatic heterocycles. The van der Waals surface area contributed by atoms with Crippen LogP contribution in [-0.2, 0) is 4.74 Å². The van der Waals surface area contributed by atoms with Gasteiger partial charge in [-0.3, -0.25) is 0 Å². The van der Waals surface area contributed by atoms with E-state index in [1.54, 1.807) is 7.11 Å². The lowest BCUT2D eigenvalue weighted by atomic mass is 10.2. The third kappa shape index (κ3) is 5.34. The lowest BCUT2D eigenvalue weighted by molar-refractivity contribution is 0.137. The van der Waals surface area contributed by atoms with Gasteiger partial charge in [0.1, 0.15) is 0 Å². The summed E-state index contributed by atoms with van der Waals surface area (Å²) in [5.74, 6) is 0. The molecule has 0 bridgehead atoms. The third-order valence-electron chi connectivity index (χ3n) is 3.59. The number of nitrogens with one attached hydrogen (secondary N) is 1. The van der Waals surface area contributed by atoms with Crippen LogP contribution in [0.4, 0.5) is 0 Å². The highest BCUT2D eigenvalue weighted by Gasteiger charge is 2.22. The summed E-state index contributed by atoms with van der Waals surface area (Å²) in [6.45, 7) is 7.43. The van der Waals surface area contributed by atoms with Crippen molar-refractivity contribution in [2.75, 3.05) is 54.0 Å². The molecule has 2 atom stereocenters. The summed E-state index contributed by atoms with van der Waals surface area (Å²) in [4.78, 5) is 4.91. The average molecular weight is 243 g/mol. The molecule has 2 unspecified atom stereocenters. The summed E-state index contributed by atoms with van der Waals surface area (Å²) in [5, 5.41) is 3.47. The molecule has 0 radical (unpaired) electrons. The van der Waals surface area contributed by atoms with Gasteiger partial charge in [0.15, 0.2) is 0 Å². The molecule has 0 aliphatic carbocycles. The van der Waals surface area contributed by atoms with Crippen molar-refractivity contribution < 1.29 is 4.74 Å². The second-order valence-corrected chi connectivity index (χ2v) is 5.21. The zero-order valence-electron chi connectivity index (χ0n) is 11.9. The zero-order chi connectivity index (χ0) is 12.7. The molecule has 0 amide bonds. The van der Waals surface area contributed by atoms with Gasteiger partial charge >= 0.3 is 0 Å². The molecule has 102 valence electrons. The molecular formula is C13H29N3O. The first-order valence-electron chi connectivity index (χ1n) is 6.78. The number of nitrogens with zero attached hydrogens (tertiary/aromatic N) is 2. The van der Waals surface area contributed by atoms with Crippen molar-refractivity contribution in [3.63, 3.8) is 0 Å². The van der Waals surface area contributed by atoms with Crippen LogP contribution in [0.5, 0.6) is 0 Å². The highest BCUT2D eigenvalue weighted by molar-refractivity contribution is 4.80. The van der Waals surface area contributed by atoms with E-state index in [0.717, 1.165) is 25.7 Å². The van der Waals surface area contributed by atoms with Crippen LogP contribution >= 0.6 is 0 Å². The Morgan fingerprint density at radius 1 is 1.53 bits per heavy atom. The van der Waals surface area contributed by atoms with Crippen molar-refractivity contribution in [3.8, 4) is 0 Å². The first-order chi connectivity index (χ1) is 8.17. The van der Waals surface area contributed by atoms with Crippen molar-refractivity contribution in [3.05, 3.63) is 0 Å². The summed E-state index contributed by atoms with van der Waals surface area (Å²) < 4.78 is 5.25. The zero-order valence-corrected chi connectivity index (χ0v) is 11.9. The lowest BCUT2D eigenvalue weighted by Gasteiger charge is -2.29. The predicted molar refractivity (Wildman–Crippen MR) is 72.5 cm³/mol. The number of methoxy groups -OCH3 is 1. The Morgan fingerprint density at radius 3 is 2.82 bits per heavy atom. The van der Waals surface area contributed by atoms with Crippen LogP contribution < -0.4 is 5.32 Å². The predicted octanol–water partition coefficient (Wildman–Crippen LogP) is 0.637. The topological polar surface area (TPSA) is 27.7 Å². The number of hydrogen-bond acceptors (Lipinski definition) is 4. The number of ether oxygens (including phenoxy) is 1. The summed E-state index contributed by atoms with van der Waals surface area (Å²) in [6.07, 6.45) is 2.70. The molecule has 1 fully saturated rings. The number of likely N-dealkylation sites (tertiary alicyclic amines) is 1. The minimum atomic E-state index is 0.446. The Hall–Kier alpha value is -0.160. The monoisotopic (exact) mass is 243 g/mol. The van der Waals surface area contributed by atoms with Crippen molar-refractivity contribution in [2.45, 2.75) is 31.8 Å². The summed E-state index contributed by atoms with van der Waals surface area (Å²) >= 11 is 0. The maximum atomic E-state index is 5.25. The Morgan fingerprint density at radius 2 is 2.29 bits per heavy atom. The standard InChI is InChI=1S/C13H29N3O/c1-5-14-12(11-17-4)9-15(2)10-13-7-6-8-16(13)3/h12-14H,5-11H2,1-4H3. The first-order valence-corrected chi connectivity index (χ1v) is 6.78. The van der Waals surface area contributed by atoms with Crippen molar-refractivity contribution in [1.29, 1.82) is 0 Å². The largest absolute Gasteiger partial charge is 0.383 e. The minimum Gasteiger partial charge on any atom is -0.383 e. The van der Waals surface area contributed by atoms with E-state index in [1.165, 1.54) is 25.9 Å². The fourth-order valence-corrected chi connectivity index (χ4v) is 2.69. The second-order valence-electron chi connectivity index (χ2n) is 5.21. The van der Waals surface area contributed by atoms with Gasteiger partial charge in [-0.05, 0) is 40.0 Å². The average Bonchev–Trinajstić information content (AvgIpc) is 2.65. The summed E-state index contributed by atoms with van der Waals surface area (Å²) in [6, 6.07) is 1.19. The molecule has 0 aromatic rings. The van der Waals surface area contributed by atoms with Crippen molar-refractivity contribution in [2.24, 2.45) is 0 Å². The first kappa shape index (κ1) is 14.9. The molecule has 0 aromatic heterocycles. The van der Waals surface area contributed by atoms with Crippen LogP contribution in [0.1, 0.15) is 19.8 Å². The van der Waals surface area contributed by atoms with Gasteiger partial charge in [0.25, 0.3) is 0 Å². The van der Waals surface area contributed by atoms with E-state index >= 15 is 0 Å². The van der Waals surface area contributed by atoms with E-state index in [9.17, 15) is 0 Å². The molecule has 1 heterocycles. The van der Waals surface area contributed by atoms with Crippen LogP contribution in [-0.4, -0.2) is 75.9 Å². The van der Waals surface area contributed by atoms with Gasteiger partial charge in [-0.25, -0.2) is 0 Å². The number of hydrogen-bond donors (Lipinski definition) is 1. The Kier molecular flexibility index (Phi) is 7.04. The van der Waals surface area contributed by atoms with Gasteiger partial charge < -0.3 is 19.9 Å². The highest BCUT2D eigenvalue weighted by atomic mass is 16.5. The molecule has 4 heteroatoms. The smallest absolute Gasteiger partial charge is 0.0628 e. The van der Waals surface area contributed by atoms with Crippen molar-refractivity contribution >= 4 is 0 Å². The maximum absolute atomic E-state index is 5.25. The van der Waals surface area contributed by atoms with Crippen LogP contribution in [0, 0.1) is 0 Å². The van der Waals surface area contributed by atoms with E-state index in [4.69, 9.17) is 4.74 Å². The SMILES string of the molecule is CCNC(COC)CN(C)CC1CCCN1C. The lowest BCUT2D eigenvalue weighted by Crippen LogP contribution is -2.45.